The summed E-state index contributed by atoms with van der Waals surface area (Å²) in [5.41, 5.74) is 2.42. The number of nitrogens with zero attached hydrogens (tertiary/aromatic N) is 1. The van der Waals surface area contributed by atoms with Gasteiger partial charge in [-0.2, -0.15) is 0 Å². The Morgan fingerprint density at radius 1 is 1.26 bits per heavy atom. The quantitative estimate of drug-likeness (QED) is 0.616. The number of hydrogen-bond donors (Lipinski definition) is 0. The highest BCUT2D eigenvalue weighted by molar-refractivity contribution is 5.94. The number of ketones is 1. The number of carbonyl (C=O) groups is 1. The summed E-state index contributed by atoms with van der Waals surface area (Å²) in [4.78, 5) is 15.4. The molecule has 0 saturated carbocycles. The number of rotatable bonds is 4. The lowest BCUT2D eigenvalue weighted by molar-refractivity contribution is 0.101. The summed E-state index contributed by atoms with van der Waals surface area (Å²) < 4.78 is 5.70. The summed E-state index contributed by atoms with van der Waals surface area (Å²) in [5, 5.41) is 0. The molecule has 0 bridgehead atoms. The minimum Gasteiger partial charge on any atom is -0.455 e. The minimum absolute atomic E-state index is 0.0206. The monoisotopic (exact) mass is 253 g/mol. The molecule has 0 spiro atoms. The van der Waals surface area contributed by atoms with Gasteiger partial charge in [0.05, 0.1) is 6.20 Å². The first kappa shape index (κ1) is 13.0. The predicted molar refractivity (Wildman–Crippen MR) is 75.1 cm³/mol. The van der Waals surface area contributed by atoms with Crippen LogP contribution in [0.5, 0.6) is 5.75 Å². The number of pyridine rings is 1. The van der Waals surface area contributed by atoms with E-state index in [1.54, 1.807) is 24.5 Å². The van der Waals surface area contributed by atoms with E-state index < -0.39 is 0 Å². The van der Waals surface area contributed by atoms with Gasteiger partial charge in [-0.15, -0.1) is 0 Å². The van der Waals surface area contributed by atoms with Gasteiger partial charge in [-0.3, -0.25) is 9.78 Å². The molecule has 3 nitrogen and oxygen atoms in total. The van der Waals surface area contributed by atoms with E-state index in [9.17, 15) is 4.79 Å². The summed E-state index contributed by atoms with van der Waals surface area (Å²) in [6.45, 7) is 7.38. The first-order valence-corrected chi connectivity index (χ1v) is 5.96. The van der Waals surface area contributed by atoms with Gasteiger partial charge in [0, 0.05) is 17.3 Å². The molecule has 1 aromatic heterocycles. The van der Waals surface area contributed by atoms with Crippen molar-refractivity contribution in [2.24, 2.45) is 0 Å². The topological polar surface area (TPSA) is 39.2 Å². The van der Waals surface area contributed by atoms with Crippen LogP contribution in [0, 0.1) is 6.92 Å². The molecule has 1 aromatic carbocycles. The molecule has 0 amide bonds. The number of aryl methyl sites for hydroxylation is 1. The number of benzene rings is 1. The summed E-state index contributed by atoms with van der Waals surface area (Å²) in [6.07, 6.45) is 3.36. The van der Waals surface area contributed by atoms with E-state index >= 15 is 0 Å². The van der Waals surface area contributed by atoms with E-state index in [4.69, 9.17) is 4.74 Å². The second-order valence-corrected chi connectivity index (χ2v) is 4.30. The van der Waals surface area contributed by atoms with Crippen molar-refractivity contribution in [3.8, 4) is 5.75 Å². The van der Waals surface area contributed by atoms with Crippen molar-refractivity contribution in [3.63, 3.8) is 0 Å². The molecule has 0 N–H and O–H groups in total. The van der Waals surface area contributed by atoms with E-state index in [-0.39, 0.29) is 5.78 Å². The summed E-state index contributed by atoms with van der Waals surface area (Å²) in [5.74, 6) is 1.19. The lowest BCUT2D eigenvalue weighted by atomic mass is 10.1. The first-order chi connectivity index (χ1) is 9.08. The second-order valence-electron chi connectivity index (χ2n) is 4.30. The molecule has 0 fully saturated rings. The van der Waals surface area contributed by atoms with Gasteiger partial charge in [-0.05, 0) is 31.5 Å². The number of carbonyl (C=O) groups excluding carboxylic acids is 1. The van der Waals surface area contributed by atoms with Crippen molar-refractivity contribution in [3.05, 3.63) is 66.0 Å². The minimum atomic E-state index is 0.0206. The van der Waals surface area contributed by atoms with Gasteiger partial charge in [-0.1, -0.05) is 24.8 Å². The molecule has 0 aliphatic heterocycles. The van der Waals surface area contributed by atoms with Crippen molar-refractivity contribution >= 4 is 11.5 Å². The highest BCUT2D eigenvalue weighted by Crippen LogP contribution is 2.22. The summed E-state index contributed by atoms with van der Waals surface area (Å²) in [6, 6.07) is 9.09. The first-order valence-electron chi connectivity index (χ1n) is 5.96. The van der Waals surface area contributed by atoms with Gasteiger partial charge >= 0.3 is 0 Å². The third kappa shape index (κ3) is 3.07. The second kappa shape index (κ2) is 5.48. The lowest BCUT2D eigenvalue weighted by Crippen LogP contribution is -1.98. The lowest BCUT2D eigenvalue weighted by Gasteiger charge is -2.11. The van der Waals surface area contributed by atoms with E-state index in [1.165, 1.54) is 6.92 Å². The van der Waals surface area contributed by atoms with E-state index in [2.05, 4.69) is 11.6 Å². The summed E-state index contributed by atoms with van der Waals surface area (Å²) in [7, 11) is 0. The van der Waals surface area contributed by atoms with Crippen LogP contribution >= 0.6 is 0 Å². The molecule has 2 rings (SSSR count). The molecular formula is C16H15NO2. The van der Waals surface area contributed by atoms with Crippen LogP contribution in [0.25, 0.3) is 5.76 Å². The molecule has 96 valence electrons. The smallest absolute Gasteiger partial charge is 0.159 e. The standard InChI is InChI=1S/C16H15NO2/c1-11-7-8-17-10-16(11)19-13(3)15-6-4-5-14(9-15)12(2)18/h4-10H,3H2,1-2H3. The van der Waals surface area contributed by atoms with Crippen LogP contribution < -0.4 is 4.74 Å². The zero-order valence-corrected chi connectivity index (χ0v) is 11.0. The molecular weight excluding hydrogens is 238 g/mol. The molecule has 0 aliphatic rings. The Balaban J connectivity index is 2.23. The van der Waals surface area contributed by atoms with Gasteiger partial charge in [-0.25, -0.2) is 0 Å². The molecule has 1 heterocycles. The normalized spacial score (nSPS) is 10.0. The van der Waals surface area contributed by atoms with E-state index in [1.807, 2.05) is 25.1 Å². The maximum Gasteiger partial charge on any atom is 0.159 e. The zero-order chi connectivity index (χ0) is 13.8. The molecule has 3 heteroatoms. The van der Waals surface area contributed by atoms with Crippen molar-refractivity contribution in [2.75, 3.05) is 0 Å². The van der Waals surface area contributed by atoms with Gasteiger partial charge in [0.15, 0.2) is 5.78 Å². The van der Waals surface area contributed by atoms with Gasteiger partial charge < -0.3 is 4.74 Å². The van der Waals surface area contributed by atoms with Crippen LogP contribution in [0.1, 0.15) is 28.4 Å². The Kier molecular flexibility index (Phi) is 3.76. The number of Topliss-reactive ketones (excluding diaryl/α,β-unsaturated/α-hetero) is 1. The van der Waals surface area contributed by atoms with Crippen molar-refractivity contribution < 1.29 is 9.53 Å². The Labute approximate surface area is 112 Å². The molecule has 0 unspecified atom stereocenters. The molecule has 0 saturated heterocycles. The Hall–Kier alpha value is -2.42. The highest BCUT2D eigenvalue weighted by Gasteiger charge is 2.07. The predicted octanol–water partition coefficient (Wildman–Crippen LogP) is 3.64. The van der Waals surface area contributed by atoms with Crippen molar-refractivity contribution in [1.29, 1.82) is 0 Å². The molecule has 0 radical (unpaired) electrons. The van der Waals surface area contributed by atoms with E-state index in [0.29, 0.717) is 17.1 Å². The third-order valence-electron chi connectivity index (χ3n) is 2.82. The van der Waals surface area contributed by atoms with Crippen molar-refractivity contribution in [2.45, 2.75) is 13.8 Å². The molecule has 2 aromatic rings. The number of aromatic nitrogens is 1. The fourth-order valence-electron chi connectivity index (χ4n) is 1.66. The van der Waals surface area contributed by atoms with Gasteiger partial charge in [0.1, 0.15) is 11.5 Å². The van der Waals surface area contributed by atoms with Crippen LogP contribution in [0.3, 0.4) is 0 Å². The van der Waals surface area contributed by atoms with Crippen molar-refractivity contribution in [1.82, 2.24) is 4.98 Å². The fourth-order valence-corrected chi connectivity index (χ4v) is 1.66. The maximum atomic E-state index is 11.4. The number of hydrogen-bond acceptors (Lipinski definition) is 3. The van der Waals surface area contributed by atoms with Crippen LogP contribution in [-0.2, 0) is 0 Å². The molecule has 19 heavy (non-hydrogen) atoms. The van der Waals surface area contributed by atoms with Crippen LogP contribution in [0.15, 0.2) is 49.3 Å². The third-order valence-corrected chi connectivity index (χ3v) is 2.82. The van der Waals surface area contributed by atoms with Crippen LogP contribution in [0.4, 0.5) is 0 Å². The fraction of sp³-hybridized carbons (Fsp3) is 0.125. The average molecular weight is 253 g/mol. The Bertz CT molecular complexity index is 632. The zero-order valence-electron chi connectivity index (χ0n) is 11.0. The highest BCUT2D eigenvalue weighted by atomic mass is 16.5. The summed E-state index contributed by atoms with van der Waals surface area (Å²) >= 11 is 0. The number of ether oxygens (including phenoxy) is 1. The van der Waals surface area contributed by atoms with Gasteiger partial charge in [0.25, 0.3) is 0 Å². The SMILES string of the molecule is C=C(Oc1cnccc1C)c1cccc(C(C)=O)c1. The maximum absolute atomic E-state index is 11.4. The average Bonchev–Trinajstić information content (AvgIpc) is 2.41. The Morgan fingerprint density at radius 2 is 2.00 bits per heavy atom. The van der Waals surface area contributed by atoms with Crippen LogP contribution in [0.2, 0.25) is 0 Å². The largest absolute Gasteiger partial charge is 0.455 e. The molecule has 0 atom stereocenters. The van der Waals surface area contributed by atoms with Gasteiger partial charge in [0.2, 0.25) is 0 Å². The molecule has 0 aliphatic carbocycles. The van der Waals surface area contributed by atoms with E-state index in [0.717, 1.165) is 11.1 Å². The Morgan fingerprint density at radius 3 is 2.68 bits per heavy atom. The van der Waals surface area contributed by atoms with Crippen LogP contribution in [-0.4, -0.2) is 10.8 Å².